The number of aromatic nitrogens is 2. The molecule has 0 aliphatic heterocycles. The van der Waals surface area contributed by atoms with Crippen LogP contribution >= 0.6 is 0 Å². The molecular weight excluding hydrogens is 178 g/mol. The number of H-pyrrole nitrogens is 1. The van der Waals surface area contributed by atoms with E-state index in [-0.39, 0.29) is 13.1 Å². The van der Waals surface area contributed by atoms with Gasteiger partial charge in [-0.25, -0.2) is 4.98 Å². The molecule has 7 nitrogen and oxygen atoms in total. The van der Waals surface area contributed by atoms with Gasteiger partial charge >= 0.3 is 0 Å². The van der Waals surface area contributed by atoms with Gasteiger partial charge < -0.3 is 9.72 Å². The molecule has 0 saturated heterocycles. The quantitative estimate of drug-likeness (QED) is 0.392. The molecule has 1 rings (SSSR count). The van der Waals surface area contributed by atoms with Crippen molar-refractivity contribution in [3.8, 4) is 0 Å². The monoisotopic (exact) mass is 185 g/mol. The van der Waals surface area contributed by atoms with Crippen LogP contribution in [0.25, 0.3) is 0 Å². The van der Waals surface area contributed by atoms with E-state index < -0.39 is 11.0 Å². The van der Waals surface area contributed by atoms with E-state index in [2.05, 4.69) is 14.7 Å². The third-order valence-electron chi connectivity index (χ3n) is 1.45. The highest BCUT2D eigenvalue weighted by Crippen LogP contribution is 2.12. The molecule has 0 fully saturated rings. The number of hydrogen-bond donors (Lipinski definition) is 1. The minimum absolute atomic E-state index is 0.173. The molecule has 1 heterocycles. The second kappa shape index (κ2) is 4.19. The fourth-order valence-corrected chi connectivity index (χ4v) is 0.844. The fourth-order valence-electron chi connectivity index (χ4n) is 0.844. The zero-order chi connectivity index (χ0) is 9.68. The van der Waals surface area contributed by atoms with E-state index in [4.69, 9.17) is 0 Å². The summed E-state index contributed by atoms with van der Waals surface area (Å²) >= 11 is 0. The topological polar surface area (TPSA) is 98.1 Å². The Morgan fingerprint density at radius 1 is 1.85 bits per heavy atom. The standard InChI is InChI=1S/C6H7N3O4/c10-4-13-2-6(9(11)12)5-1-7-3-8-5/h1,3-4,6H,2H2,(H,7,8). The second-order valence-corrected chi connectivity index (χ2v) is 2.24. The maximum Gasteiger partial charge on any atom is 0.293 e. The van der Waals surface area contributed by atoms with Crippen LogP contribution in [0.2, 0.25) is 0 Å². The van der Waals surface area contributed by atoms with Crippen LogP contribution in [-0.2, 0) is 9.53 Å². The molecule has 1 aromatic rings. The highest BCUT2D eigenvalue weighted by molar-refractivity contribution is 5.37. The highest BCUT2D eigenvalue weighted by atomic mass is 16.6. The molecule has 0 bridgehead atoms. The number of nitro groups is 1. The van der Waals surface area contributed by atoms with Crippen LogP contribution in [0.4, 0.5) is 0 Å². The normalized spacial score (nSPS) is 12.0. The smallest absolute Gasteiger partial charge is 0.293 e. The van der Waals surface area contributed by atoms with Gasteiger partial charge in [0.2, 0.25) is 0 Å². The Bertz CT molecular complexity index is 284. The van der Waals surface area contributed by atoms with E-state index in [0.29, 0.717) is 5.69 Å². The van der Waals surface area contributed by atoms with Crippen LogP contribution in [0.1, 0.15) is 11.7 Å². The van der Waals surface area contributed by atoms with Gasteiger partial charge in [0.05, 0.1) is 12.5 Å². The summed E-state index contributed by atoms with van der Waals surface area (Å²) in [7, 11) is 0. The highest BCUT2D eigenvalue weighted by Gasteiger charge is 2.24. The van der Waals surface area contributed by atoms with Crippen LogP contribution < -0.4 is 0 Å². The molecule has 0 aromatic carbocycles. The minimum Gasteiger partial charge on any atom is -0.460 e. The van der Waals surface area contributed by atoms with Crippen LogP contribution in [0.3, 0.4) is 0 Å². The first kappa shape index (κ1) is 9.17. The lowest BCUT2D eigenvalue weighted by molar-refractivity contribution is -0.532. The fraction of sp³-hybridized carbons (Fsp3) is 0.333. The molecule has 0 aliphatic carbocycles. The predicted octanol–water partition coefficient (Wildman–Crippen LogP) is -0.0995. The largest absolute Gasteiger partial charge is 0.460 e. The van der Waals surface area contributed by atoms with E-state index in [1.807, 2.05) is 0 Å². The molecule has 1 N–H and O–H groups in total. The number of imidazole rings is 1. The van der Waals surface area contributed by atoms with Crippen molar-refractivity contribution < 1.29 is 14.5 Å². The van der Waals surface area contributed by atoms with Crippen LogP contribution in [0.5, 0.6) is 0 Å². The Balaban J connectivity index is 2.68. The Morgan fingerprint density at radius 2 is 2.62 bits per heavy atom. The summed E-state index contributed by atoms with van der Waals surface area (Å²) in [5.41, 5.74) is 0.312. The summed E-state index contributed by atoms with van der Waals surface area (Å²) < 4.78 is 4.31. The van der Waals surface area contributed by atoms with Crippen molar-refractivity contribution in [1.82, 2.24) is 9.97 Å². The average Bonchev–Trinajstić information content (AvgIpc) is 2.57. The summed E-state index contributed by atoms with van der Waals surface area (Å²) in [5.74, 6) is 0. The number of hydrogen-bond acceptors (Lipinski definition) is 5. The second-order valence-electron chi connectivity index (χ2n) is 2.24. The van der Waals surface area contributed by atoms with E-state index in [0.717, 1.165) is 0 Å². The summed E-state index contributed by atoms with van der Waals surface area (Å²) in [4.78, 5) is 26.0. The molecule has 1 aromatic heterocycles. The van der Waals surface area contributed by atoms with Gasteiger partial charge in [0.25, 0.3) is 12.5 Å². The van der Waals surface area contributed by atoms with Crippen LogP contribution in [0, 0.1) is 10.1 Å². The van der Waals surface area contributed by atoms with Crippen molar-refractivity contribution in [1.29, 1.82) is 0 Å². The molecule has 0 radical (unpaired) electrons. The Morgan fingerprint density at radius 3 is 3.08 bits per heavy atom. The van der Waals surface area contributed by atoms with Gasteiger partial charge in [-0.2, -0.15) is 0 Å². The first-order valence-electron chi connectivity index (χ1n) is 3.42. The lowest BCUT2D eigenvalue weighted by atomic mass is 10.2. The summed E-state index contributed by atoms with van der Waals surface area (Å²) in [5, 5.41) is 10.5. The van der Waals surface area contributed by atoms with Crippen molar-refractivity contribution in [3.05, 3.63) is 28.3 Å². The molecule has 0 aliphatic rings. The first-order chi connectivity index (χ1) is 6.25. The maximum atomic E-state index is 10.5. The zero-order valence-electron chi connectivity index (χ0n) is 6.54. The number of rotatable bonds is 5. The molecule has 0 spiro atoms. The van der Waals surface area contributed by atoms with E-state index >= 15 is 0 Å². The molecule has 70 valence electrons. The summed E-state index contributed by atoms with van der Waals surface area (Å²) in [6, 6.07) is -1.08. The summed E-state index contributed by atoms with van der Waals surface area (Å²) in [6.45, 7) is -0.119. The van der Waals surface area contributed by atoms with Gasteiger partial charge in [0.1, 0.15) is 5.69 Å². The number of carbonyl (C=O) groups excluding carboxylic acids is 1. The molecule has 0 amide bonds. The van der Waals surface area contributed by atoms with Crippen molar-refractivity contribution in [2.75, 3.05) is 6.61 Å². The number of aromatic amines is 1. The van der Waals surface area contributed by atoms with Gasteiger partial charge in [-0.15, -0.1) is 0 Å². The molecule has 1 unspecified atom stereocenters. The molecule has 0 saturated carbocycles. The Kier molecular flexibility index (Phi) is 2.96. The number of nitrogens with one attached hydrogen (secondary N) is 1. The zero-order valence-corrected chi connectivity index (χ0v) is 6.54. The molecule has 1 atom stereocenters. The van der Waals surface area contributed by atoms with Crippen molar-refractivity contribution in [3.63, 3.8) is 0 Å². The van der Waals surface area contributed by atoms with Gasteiger partial charge in [0.15, 0.2) is 6.61 Å². The number of ether oxygens (including phenoxy) is 1. The molecule has 7 heteroatoms. The summed E-state index contributed by atoms with van der Waals surface area (Å²) in [6.07, 6.45) is 2.65. The van der Waals surface area contributed by atoms with E-state index in [1.54, 1.807) is 0 Å². The van der Waals surface area contributed by atoms with Crippen LogP contribution in [0.15, 0.2) is 12.5 Å². The first-order valence-corrected chi connectivity index (χ1v) is 3.42. The lowest BCUT2D eigenvalue weighted by Crippen LogP contribution is -2.16. The lowest BCUT2D eigenvalue weighted by Gasteiger charge is -2.04. The van der Waals surface area contributed by atoms with E-state index in [9.17, 15) is 14.9 Å². The van der Waals surface area contributed by atoms with Crippen molar-refractivity contribution in [2.24, 2.45) is 0 Å². The van der Waals surface area contributed by atoms with Gasteiger partial charge in [-0.1, -0.05) is 0 Å². The van der Waals surface area contributed by atoms with Gasteiger partial charge in [-0.05, 0) is 0 Å². The van der Waals surface area contributed by atoms with Gasteiger partial charge in [0, 0.05) is 4.92 Å². The minimum atomic E-state index is -1.08. The van der Waals surface area contributed by atoms with Crippen molar-refractivity contribution in [2.45, 2.75) is 6.04 Å². The van der Waals surface area contributed by atoms with E-state index in [1.165, 1.54) is 12.5 Å². The molecule has 13 heavy (non-hydrogen) atoms. The predicted molar refractivity (Wildman–Crippen MR) is 40.3 cm³/mol. The van der Waals surface area contributed by atoms with Crippen molar-refractivity contribution >= 4 is 6.47 Å². The SMILES string of the molecule is O=COCC(c1cnc[nH]1)[N+](=O)[O-]. The Hall–Kier alpha value is -1.92. The third-order valence-corrected chi connectivity index (χ3v) is 1.45. The molecular formula is C6H7N3O4. The maximum absolute atomic E-state index is 10.5. The van der Waals surface area contributed by atoms with Crippen LogP contribution in [-0.4, -0.2) is 28.0 Å². The number of nitrogens with zero attached hydrogens (tertiary/aromatic N) is 2. The van der Waals surface area contributed by atoms with Gasteiger partial charge in [-0.3, -0.25) is 14.9 Å². The number of carbonyl (C=O) groups is 1. The Labute approximate surface area is 72.9 Å². The average molecular weight is 185 g/mol. The third kappa shape index (κ3) is 2.26.